The highest BCUT2D eigenvalue weighted by atomic mass is 16.1. The number of rotatable bonds is 2. The van der Waals surface area contributed by atoms with Gasteiger partial charge in [0, 0.05) is 11.1 Å². The smallest absolute Gasteiger partial charge is 0.246 e. The number of anilines is 1. The van der Waals surface area contributed by atoms with E-state index < -0.39 is 0 Å². The van der Waals surface area contributed by atoms with Gasteiger partial charge in [-0.1, -0.05) is 62.4 Å². The number of hydrogen-bond donors (Lipinski definition) is 1. The molecule has 0 aromatic heterocycles. The Morgan fingerprint density at radius 1 is 1.05 bits per heavy atom. The third-order valence-corrected chi connectivity index (χ3v) is 3.67. The maximum absolute atomic E-state index is 12.0. The lowest BCUT2D eigenvalue weighted by molar-refractivity contribution is -0.114. The van der Waals surface area contributed by atoms with Crippen molar-refractivity contribution in [1.29, 1.82) is 0 Å². The molecule has 0 saturated carbocycles. The van der Waals surface area contributed by atoms with Crippen LogP contribution in [0.5, 0.6) is 0 Å². The number of amides is 1. The number of hydrogen-bond acceptors (Lipinski definition) is 2. The zero-order valence-electron chi connectivity index (χ0n) is 12.3. The standard InChI is InChI=1S/C18H18N2O/c1-12(2)14-9-6-10-15-17(13-7-4-3-5-8-13)19-11-16(21)20-18(14)15/h3-10,12H,11H2,1-2H3,(H,20,21). The highest BCUT2D eigenvalue weighted by molar-refractivity contribution is 6.19. The average Bonchev–Trinajstić information content (AvgIpc) is 2.66. The van der Waals surface area contributed by atoms with E-state index in [4.69, 9.17) is 0 Å². The Hall–Kier alpha value is -2.42. The van der Waals surface area contributed by atoms with Crippen LogP contribution in [-0.4, -0.2) is 18.2 Å². The molecule has 0 aliphatic carbocycles. The lowest BCUT2D eigenvalue weighted by Gasteiger charge is -2.16. The van der Waals surface area contributed by atoms with Gasteiger partial charge in [-0.15, -0.1) is 0 Å². The summed E-state index contributed by atoms with van der Waals surface area (Å²) in [4.78, 5) is 16.5. The summed E-state index contributed by atoms with van der Waals surface area (Å²) in [7, 11) is 0. The molecule has 106 valence electrons. The zero-order chi connectivity index (χ0) is 14.8. The highest BCUT2D eigenvalue weighted by Gasteiger charge is 2.21. The van der Waals surface area contributed by atoms with Crippen LogP contribution in [0.25, 0.3) is 0 Å². The number of fused-ring (bicyclic) bond motifs is 1. The van der Waals surface area contributed by atoms with Gasteiger partial charge in [-0.2, -0.15) is 0 Å². The van der Waals surface area contributed by atoms with E-state index in [9.17, 15) is 4.79 Å². The molecule has 3 nitrogen and oxygen atoms in total. The molecular formula is C18H18N2O. The fraction of sp³-hybridized carbons (Fsp3) is 0.222. The Balaban J connectivity index is 2.21. The first kappa shape index (κ1) is 13.6. The van der Waals surface area contributed by atoms with Gasteiger partial charge in [-0.05, 0) is 11.5 Å². The van der Waals surface area contributed by atoms with Gasteiger partial charge in [0.15, 0.2) is 0 Å². The van der Waals surface area contributed by atoms with Crippen LogP contribution in [0, 0.1) is 0 Å². The first-order chi connectivity index (χ1) is 10.2. The van der Waals surface area contributed by atoms with Crippen LogP contribution in [0.4, 0.5) is 5.69 Å². The predicted octanol–water partition coefficient (Wildman–Crippen LogP) is 3.60. The van der Waals surface area contributed by atoms with E-state index in [0.717, 1.165) is 28.1 Å². The molecule has 1 aliphatic rings. The average molecular weight is 278 g/mol. The minimum Gasteiger partial charge on any atom is -0.324 e. The monoisotopic (exact) mass is 278 g/mol. The van der Waals surface area contributed by atoms with E-state index in [1.807, 2.05) is 42.5 Å². The van der Waals surface area contributed by atoms with Gasteiger partial charge in [0.25, 0.3) is 0 Å². The first-order valence-corrected chi connectivity index (χ1v) is 7.20. The quantitative estimate of drug-likeness (QED) is 0.896. The molecule has 1 amide bonds. The number of para-hydroxylation sites is 1. The molecule has 1 aliphatic heterocycles. The number of aliphatic imine (C=N–C) groups is 1. The van der Waals surface area contributed by atoms with E-state index in [1.54, 1.807) is 0 Å². The number of carbonyl (C=O) groups excluding carboxylic acids is 1. The maximum Gasteiger partial charge on any atom is 0.246 e. The number of carbonyl (C=O) groups is 1. The minimum absolute atomic E-state index is 0.0599. The molecule has 0 atom stereocenters. The summed E-state index contributed by atoms with van der Waals surface area (Å²) in [6, 6.07) is 16.1. The predicted molar refractivity (Wildman–Crippen MR) is 86.1 cm³/mol. The van der Waals surface area contributed by atoms with E-state index in [-0.39, 0.29) is 12.5 Å². The third-order valence-electron chi connectivity index (χ3n) is 3.67. The van der Waals surface area contributed by atoms with Gasteiger partial charge in [0.1, 0.15) is 6.54 Å². The molecule has 3 rings (SSSR count). The van der Waals surface area contributed by atoms with Crippen molar-refractivity contribution in [2.75, 3.05) is 11.9 Å². The fourth-order valence-corrected chi connectivity index (χ4v) is 2.65. The lowest BCUT2D eigenvalue weighted by Crippen LogP contribution is -2.15. The molecule has 0 bridgehead atoms. The summed E-state index contributed by atoms with van der Waals surface area (Å²) in [5, 5.41) is 3.02. The summed E-state index contributed by atoms with van der Waals surface area (Å²) in [5.41, 5.74) is 4.96. The minimum atomic E-state index is -0.0599. The van der Waals surface area contributed by atoms with Crippen molar-refractivity contribution < 1.29 is 4.79 Å². The third kappa shape index (κ3) is 2.59. The summed E-state index contributed by atoms with van der Waals surface area (Å²) in [5.74, 6) is 0.283. The van der Waals surface area contributed by atoms with Crippen LogP contribution in [0.15, 0.2) is 53.5 Å². The van der Waals surface area contributed by atoms with Gasteiger partial charge < -0.3 is 5.32 Å². The molecule has 0 saturated heterocycles. The van der Waals surface area contributed by atoms with Crippen LogP contribution < -0.4 is 5.32 Å². The Bertz CT molecular complexity index is 702. The van der Waals surface area contributed by atoms with Crippen LogP contribution in [-0.2, 0) is 4.79 Å². The van der Waals surface area contributed by atoms with E-state index in [2.05, 4.69) is 30.2 Å². The molecule has 1 N–H and O–H groups in total. The normalized spacial score (nSPS) is 14.2. The molecule has 0 spiro atoms. The van der Waals surface area contributed by atoms with E-state index >= 15 is 0 Å². The van der Waals surface area contributed by atoms with Crippen molar-refractivity contribution in [3.05, 3.63) is 65.2 Å². The Kier molecular flexibility index (Phi) is 3.57. The fourth-order valence-electron chi connectivity index (χ4n) is 2.65. The largest absolute Gasteiger partial charge is 0.324 e. The first-order valence-electron chi connectivity index (χ1n) is 7.20. The molecule has 2 aromatic rings. The zero-order valence-corrected chi connectivity index (χ0v) is 12.3. The molecular weight excluding hydrogens is 260 g/mol. The van der Waals surface area contributed by atoms with Crippen molar-refractivity contribution in [2.24, 2.45) is 4.99 Å². The van der Waals surface area contributed by atoms with Crippen molar-refractivity contribution in [3.8, 4) is 0 Å². The van der Waals surface area contributed by atoms with Crippen LogP contribution >= 0.6 is 0 Å². The number of nitrogens with one attached hydrogen (secondary N) is 1. The summed E-state index contributed by atoms with van der Waals surface area (Å²) >= 11 is 0. The molecule has 0 fully saturated rings. The summed E-state index contributed by atoms with van der Waals surface area (Å²) in [6.07, 6.45) is 0. The number of benzodiazepines with no additional fused rings is 1. The molecule has 1 heterocycles. The van der Waals surface area contributed by atoms with Crippen molar-refractivity contribution in [1.82, 2.24) is 0 Å². The Labute approximate surface area is 124 Å². The number of benzene rings is 2. The molecule has 0 unspecified atom stereocenters. The van der Waals surface area contributed by atoms with Gasteiger partial charge in [0.2, 0.25) is 5.91 Å². The van der Waals surface area contributed by atoms with Crippen LogP contribution in [0.2, 0.25) is 0 Å². The second-order valence-corrected chi connectivity index (χ2v) is 5.50. The lowest BCUT2D eigenvalue weighted by atomic mass is 9.93. The van der Waals surface area contributed by atoms with E-state index in [0.29, 0.717) is 5.92 Å². The van der Waals surface area contributed by atoms with Gasteiger partial charge >= 0.3 is 0 Å². The van der Waals surface area contributed by atoms with Crippen LogP contribution in [0.3, 0.4) is 0 Å². The highest BCUT2D eigenvalue weighted by Crippen LogP contribution is 2.31. The molecule has 3 heteroatoms. The van der Waals surface area contributed by atoms with Gasteiger partial charge in [-0.3, -0.25) is 9.79 Å². The topological polar surface area (TPSA) is 41.5 Å². The molecule has 2 aromatic carbocycles. The van der Waals surface area contributed by atoms with E-state index in [1.165, 1.54) is 0 Å². The summed E-state index contributed by atoms with van der Waals surface area (Å²) < 4.78 is 0. The van der Waals surface area contributed by atoms with Crippen LogP contribution in [0.1, 0.15) is 36.5 Å². The van der Waals surface area contributed by atoms with Gasteiger partial charge in [0.05, 0.1) is 11.4 Å². The van der Waals surface area contributed by atoms with Gasteiger partial charge in [-0.25, -0.2) is 0 Å². The Morgan fingerprint density at radius 2 is 1.81 bits per heavy atom. The second-order valence-electron chi connectivity index (χ2n) is 5.50. The Morgan fingerprint density at radius 3 is 2.52 bits per heavy atom. The van der Waals surface area contributed by atoms with Crippen molar-refractivity contribution in [3.63, 3.8) is 0 Å². The number of nitrogens with zero attached hydrogens (tertiary/aromatic N) is 1. The second kappa shape index (κ2) is 5.52. The molecule has 21 heavy (non-hydrogen) atoms. The van der Waals surface area contributed by atoms with Crippen molar-refractivity contribution in [2.45, 2.75) is 19.8 Å². The van der Waals surface area contributed by atoms with Crippen molar-refractivity contribution >= 4 is 17.3 Å². The maximum atomic E-state index is 12.0. The summed E-state index contributed by atoms with van der Waals surface area (Å²) in [6.45, 7) is 4.43. The molecule has 0 radical (unpaired) electrons. The SMILES string of the molecule is CC(C)c1cccc2c1NC(=O)CN=C2c1ccccc1.